The second kappa shape index (κ2) is 8.33. The Bertz CT molecular complexity index is 804. The van der Waals surface area contributed by atoms with Crippen molar-refractivity contribution in [2.75, 3.05) is 6.54 Å². The van der Waals surface area contributed by atoms with Gasteiger partial charge in [0.25, 0.3) is 5.89 Å². The number of amides is 2. The fourth-order valence-corrected chi connectivity index (χ4v) is 3.62. The van der Waals surface area contributed by atoms with E-state index in [0.717, 1.165) is 19.3 Å². The molecule has 0 atom stereocenters. The molecular formula is C20H25N3O4. The maximum absolute atomic E-state index is 12.5. The molecule has 0 saturated heterocycles. The van der Waals surface area contributed by atoms with Gasteiger partial charge in [-0.1, -0.05) is 31.4 Å². The van der Waals surface area contributed by atoms with E-state index in [-0.39, 0.29) is 17.6 Å². The van der Waals surface area contributed by atoms with Crippen LogP contribution in [0, 0.1) is 5.41 Å². The van der Waals surface area contributed by atoms with Crippen molar-refractivity contribution in [2.24, 2.45) is 11.1 Å². The van der Waals surface area contributed by atoms with Gasteiger partial charge in [-0.2, -0.15) is 0 Å². The Kier molecular flexibility index (Phi) is 5.88. The second-order valence-electron chi connectivity index (χ2n) is 7.13. The van der Waals surface area contributed by atoms with Crippen molar-refractivity contribution >= 4 is 28.7 Å². The number of hydrogen-bond donors (Lipinski definition) is 2. The van der Waals surface area contributed by atoms with E-state index in [1.165, 1.54) is 0 Å². The number of ketones is 1. The standard InChI is InChI=1S/C20H25N3O4/c21-18(25)20(11-5-1-6-12-20)19(26)22-13-7-4-9-15(24)17-23-14-8-2-3-10-16(14)27-17/h2-3,8,10H,1,4-7,9,11-13H2,(H2,21,25)(H,22,26). The number of carbonyl (C=O) groups excluding carboxylic acids is 3. The van der Waals surface area contributed by atoms with Gasteiger partial charge in [-0.3, -0.25) is 14.4 Å². The molecule has 3 rings (SSSR count). The molecule has 1 saturated carbocycles. The van der Waals surface area contributed by atoms with E-state index in [0.29, 0.717) is 49.7 Å². The zero-order valence-corrected chi connectivity index (χ0v) is 15.3. The average molecular weight is 371 g/mol. The predicted molar refractivity (Wildman–Crippen MR) is 99.9 cm³/mol. The summed E-state index contributed by atoms with van der Waals surface area (Å²) in [5, 5.41) is 2.82. The first-order valence-electron chi connectivity index (χ1n) is 9.50. The zero-order valence-electron chi connectivity index (χ0n) is 15.3. The minimum Gasteiger partial charge on any atom is -0.434 e. The molecule has 1 aromatic heterocycles. The molecule has 0 bridgehead atoms. The number of para-hydroxylation sites is 2. The highest BCUT2D eigenvalue weighted by atomic mass is 16.4. The number of nitrogens with two attached hydrogens (primary N) is 1. The summed E-state index contributed by atoms with van der Waals surface area (Å²) in [6.07, 6.45) is 5.28. The summed E-state index contributed by atoms with van der Waals surface area (Å²) in [6.45, 7) is 0.411. The number of fused-ring (bicyclic) bond motifs is 1. The number of hydrogen-bond acceptors (Lipinski definition) is 5. The normalized spacial score (nSPS) is 16.1. The van der Waals surface area contributed by atoms with E-state index in [1.54, 1.807) is 12.1 Å². The largest absolute Gasteiger partial charge is 0.434 e. The number of aromatic nitrogens is 1. The quantitative estimate of drug-likeness (QED) is 0.420. The Hall–Kier alpha value is -2.70. The monoisotopic (exact) mass is 371 g/mol. The first kappa shape index (κ1) is 19.1. The van der Waals surface area contributed by atoms with Gasteiger partial charge in [0.2, 0.25) is 17.6 Å². The second-order valence-corrected chi connectivity index (χ2v) is 7.13. The topological polar surface area (TPSA) is 115 Å². The number of rotatable bonds is 8. The molecule has 7 heteroatoms. The van der Waals surface area contributed by atoms with Crippen molar-refractivity contribution in [1.29, 1.82) is 0 Å². The molecular weight excluding hydrogens is 346 g/mol. The summed E-state index contributed by atoms with van der Waals surface area (Å²) in [6, 6.07) is 7.24. The Morgan fingerprint density at radius 3 is 2.56 bits per heavy atom. The molecule has 1 fully saturated rings. The number of nitrogens with one attached hydrogen (secondary N) is 1. The Morgan fingerprint density at radius 1 is 1.11 bits per heavy atom. The predicted octanol–water partition coefficient (Wildman–Crippen LogP) is 2.73. The maximum atomic E-state index is 12.5. The number of oxazole rings is 1. The summed E-state index contributed by atoms with van der Waals surface area (Å²) in [5.41, 5.74) is 5.70. The number of carbonyl (C=O) groups is 3. The smallest absolute Gasteiger partial charge is 0.264 e. The maximum Gasteiger partial charge on any atom is 0.264 e. The van der Waals surface area contributed by atoms with Crippen molar-refractivity contribution in [3.8, 4) is 0 Å². The zero-order chi connectivity index (χ0) is 19.3. The summed E-state index contributed by atoms with van der Waals surface area (Å²) in [7, 11) is 0. The lowest BCUT2D eigenvalue weighted by Gasteiger charge is -2.32. The van der Waals surface area contributed by atoms with E-state index in [4.69, 9.17) is 10.2 Å². The SMILES string of the molecule is NC(=O)C1(C(=O)NCCCCC(=O)c2nc3ccccc3o2)CCCCC1. The number of Topliss-reactive ketones (excluding diaryl/α,β-unsaturated/α-hetero) is 1. The summed E-state index contributed by atoms with van der Waals surface area (Å²) in [5.74, 6) is -0.848. The molecule has 2 aromatic rings. The van der Waals surface area contributed by atoms with Crippen LogP contribution in [0.25, 0.3) is 11.1 Å². The van der Waals surface area contributed by atoms with Crippen molar-refractivity contribution in [1.82, 2.24) is 10.3 Å². The van der Waals surface area contributed by atoms with Gasteiger partial charge in [-0.05, 0) is 37.8 Å². The van der Waals surface area contributed by atoms with Crippen LogP contribution in [0.1, 0.15) is 62.1 Å². The van der Waals surface area contributed by atoms with E-state index in [1.807, 2.05) is 12.1 Å². The Balaban J connectivity index is 1.44. The van der Waals surface area contributed by atoms with Crippen LogP contribution in [0.3, 0.4) is 0 Å². The average Bonchev–Trinajstić information content (AvgIpc) is 3.12. The molecule has 1 heterocycles. The highest BCUT2D eigenvalue weighted by molar-refractivity contribution is 6.04. The van der Waals surface area contributed by atoms with Gasteiger partial charge in [0, 0.05) is 13.0 Å². The fourth-order valence-electron chi connectivity index (χ4n) is 3.62. The number of primary amides is 1. The van der Waals surface area contributed by atoms with Crippen LogP contribution in [-0.2, 0) is 9.59 Å². The molecule has 0 spiro atoms. The lowest BCUT2D eigenvalue weighted by Crippen LogP contribution is -2.51. The fraction of sp³-hybridized carbons (Fsp3) is 0.500. The molecule has 0 radical (unpaired) electrons. The number of benzene rings is 1. The van der Waals surface area contributed by atoms with E-state index in [9.17, 15) is 14.4 Å². The molecule has 27 heavy (non-hydrogen) atoms. The van der Waals surface area contributed by atoms with Gasteiger partial charge in [0.05, 0.1) is 0 Å². The number of nitrogens with zero attached hydrogens (tertiary/aromatic N) is 1. The first-order valence-corrected chi connectivity index (χ1v) is 9.50. The summed E-state index contributed by atoms with van der Waals surface area (Å²) in [4.78, 5) is 40.7. The third kappa shape index (κ3) is 4.18. The molecule has 1 aliphatic rings. The van der Waals surface area contributed by atoms with E-state index < -0.39 is 11.3 Å². The Labute approximate surface area is 157 Å². The third-order valence-electron chi connectivity index (χ3n) is 5.26. The van der Waals surface area contributed by atoms with Crippen LogP contribution < -0.4 is 11.1 Å². The minimum atomic E-state index is -1.06. The third-order valence-corrected chi connectivity index (χ3v) is 5.26. The van der Waals surface area contributed by atoms with Gasteiger partial charge in [0.15, 0.2) is 5.58 Å². The van der Waals surface area contributed by atoms with Crippen LogP contribution in [0.5, 0.6) is 0 Å². The van der Waals surface area contributed by atoms with Crippen LogP contribution in [-0.4, -0.2) is 29.1 Å². The van der Waals surface area contributed by atoms with Gasteiger partial charge in [-0.15, -0.1) is 0 Å². The van der Waals surface area contributed by atoms with Crippen molar-refractivity contribution < 1.29 is 18.8 Å². The molecule has 144 valence electrons. The lowest BCUT2D eigenvalue weighted by molar-refractivity contribution is -0.144. The van der Waals surface area contributed by atoms with Gasteiger partial charge < -0.3 is 15.5 Å². The number of unbranched alkanes of at least 4 members (excludes halogenated alkanes) is 1. The molecule has 7 nitrogen and oxygen atoms in total. The van der Waals surface area contributed by atoms with Crippen LogP contribution in [0.15, 0.2) is 28.7 Å². The van der Waals surface area contributed by atoms with Crippen LogP contribution in [0.2, 0.25) is 0 Å². The van der Waals surface area contributed by atoms with E-state index >= 15 is 0 Å². The van der Waals surface area contributed by atoms with Gasteiger partial charge in [0.1, 0.15) is 10.9 Å². The molecule has 0 unspecified atom stereocenters. The highest BCUT2D eigenvalue weighted by Crippen LogP contribution is 2.36. The summed E-state index contributed by atoms with van der Waals surface area (Å²) < 4.78 is 5.46. The van der Waals surface area contributed by atoms with Crippen molar-refractivity contribution in [3.63, 3.8) is 0 Å². The molecule has 1 aromatic carbocycles. The molecule has 3 N–H and O–H groups in total. The highest BCUT2D eigenvalue weighted by Gasteiger charge is 2.44. The van der Waals surface area contributed by atoms with Crippen LogP contribution in [0.4, 0.5) is 0 Å². The lowest BCUT2D eigenvalue weighted by atomic mass is 9.72. The van der Waals surface area contributed by atoms with Gasteiger partial charge in [-0.25, -0.2) is 4.98 Å². The van der Waals surface area contributed by atoms with Crippen molar-refractivity contribution in [3.05, 3.63) is 30.2 Å². The first-order chi connectivity index (χ1) is 13.0. The van der Waals surface area contributed by atoms with Crippen LogP contribution >= 0.6 is 0 Å². The minimum absolute atomic E-state index is 0.120. The van der Waals surface area contributed by atoms with Crippen molar-refractivity contribution in [2.45, 2.75) is 51.4 Å². The molecule has 1 aliphatic carbocycles. The Morgan fingerprint density at radius 2 is 1.85 bits per heavy atom. The van der Waals surface area contributed by atoms with Gasteiger partial charge >= 0.3 is 0 Å². The molecule has 2 amide bonds. The summed E-state index contributed by atoms with van der Waals surface area (Å²) >= 11 is 0. The van der Waals surface area contributed by atoms with E-state index in [2.05, 4.69) is 10.3 Å². The molecule has 0 aliphatic heterocycles.